The zero-order valence-electron chi connectivity index (χ0n) is 11.4. The summed E-state index contributed by atoms with van der Waals surface area (Å²) in [7, 11) is 0. The minimum absolute atomic E-state index is 0.0262. The minimum Gasteiger partial charge on any atom is -0.306 e. The van der Waals surface area contributed by atoms with Crippen LogP contribution in [0.25, 0.3) is 0 Å². The molecule has 0 amide bonds. The van der Waals surface area contributed by atoms with E-state index in [1.165, 1.54) is 30.3 Å². The fourth-order valence-electron chi connectivity index (χ4n) is 2.08. The summed E-state index contributed by atoms with van der Waals surface area (Å²) < 4.78 is 52.1. The molecule has 2 aromatic rings. The molecule has 0 saturated carbocycles. The smallest absolute Gasteiger partial charge is 0.263 e. The summed E-state index contributed by atoms with van der Waals surface area (Å²) in [5, 5.41) is 2.98. The molecule has 0 spiro atoms. The molecule has 0 saturated heterocycles. The van der Waals surface area contributed by atoms with Gasteiger partial charge in [0, 0.05) is 23.7 Å². The van der Waals surface area contributed by atoms with Crippen LogP contribution in [0.3, 0.4) is 0 Å². The van der Waals surface area contributed by atoms with Crippen LogP contribution in [0.15, 0.2) is 42.5 Å². The first-order chi connectivity index (χ1) is 9.99. The Hall–Kier alpha value is -1.88. The second-order valence-corrected chi connectivity index (χ2v) is 4.78. The number of rotatable bonds is 5. The molecule has 1 unspecified atom stereocenters. The van der Waals surface area contributed by atoms with E-state index in [4.69, 9.17) is 0 Å². The Morgan fingerprint density at radius 3 is 2.05 bits per heavy atom. The van der Waals surface area contributed by atoms with Gasteiger partial charge in [0.05, 0.1) is 0 Å². The highest BCUT2D eigenvalue weighted by Crippen LogP contribution is 2.21. The zero-order valence-corrected chi connectivity index (χ0v) is 11.4. The maximum absolute atomic E-state index is 13.6. The minimum atomic E-state index is -2.50. The third-order valence-corrected chi connectivity index (χ3v) is 3.28. The lowest BCUT2D eigenvalue weighted by molar-refractivity contribution is 0.151. The molecule has 21 heavy (non-hydrogen) atoms. The molecule has 0 aromatic heterocycles. The first-order valence-corrected chi connectivity index (χ1v) is 6.53. The van der Waals surface area contributed by atoms with Crippen LogP contribution >= 0.6 is 0 Å². The van der Waals surface area contributed by atoms with Crippen molar-refractivity contribution in [2.75, 3.05) is 0 Å². The molecular weight excluding hydrogens is 282 g/mol. The van der Waals surface area contributed by atoms with Crippen molar-refractivity contribution >= 4 is 0 Å². The molecule has 2 aromatic carbocycles. The Morgan fingerprint density at radius 2 is 1.52 bits per heavy atom. The molecule has 5 heteroatoms. The summed E-state index contributed by atoms with van der Waals surface area (Å²) in [5.41, 5.74) is 0.691. The number of benzene rings is 2. The van der Waals surface area contributed by atoms with E-state index in [1.807, 2.05) is 0 Å². The summed E-state index contributed by atoms with van der Waals surface area (Å²) in [6, 6.07) is 9.01. The van der Waals surface area contributed by atoms with Gasteiger partial charge in [0.25, 0.3) is 6.43 Å². The van der Waals surface area contributed by atoms with E-state index in [1.54, 1.807) is 19.1 Å². The van der Waals surface area contributed by atoms with E-state index >= 15 is 0 Å². The molecule has 1 atom stereocenters. The van der Waals surface area contributed by atoms with Gasteiger partial charge < -0.3 is 5.32 Å². The molecule has 1 nitrogen and oxygen atoms in total. The van der Waals surface area contributed by atoms with Crippen molar-refractivity contribution in [2.24, 2.45) is 0 Å². The number of alkyl halides is 2. The number of halogens is 4. The van der Waals surface area contributed by atoms with Gasteiger partial charge in [-0.1, -0.05) is 30.3 Å². The molecule has 1 N–H and O–H groups in total. The lowest BCUT2D eigenvalue weighted by Gasteiger charge is -2.16. The number of hydrogen-bond donors (Lipinski definition) is 1. The van der Waals surface area contributed by atoms with Gasteiger partial charge in [-0.3, -0.25) is 0 Å². The van der Waals surface area contributed by atoms with Crippen molar-refractivity contribution in [3.05, 3.63) is 70.8 Å². The average Bonchev–Trinajstić information content (AvgIpc) is 2.45. The monoisotopic (exact) mass is 297 g/mol. The van der Waals surface area contributed by atoms with E-state index in [0.717, 1.165) is 5.56 Å². The molecule has 0 aliphatic rings. The normalized spacial score (nSPS) is 12.7. The van der Waals surface area contributed by atoms with Gasteiger partial charge in [-0.25, -0.2) is 17.6 Å². The van der Waals surface area contributed by atoms with Crippen LogP contribution < -0.4 is 5.32 Å². The molecule has 112 valence electrons. The molecule has 2 rings (SSSR count). The largest absolute Gasteiger partial charge is 0.306 e. The van der Waals surface area contributed by atoms with Gasteiger partial charge >= 0.3 is 0 Å². The summed E-state index contributed by atoms with van der Waals surface area (Å²) in [5.74, 6) is -1.22. The molecule has 0 heterocycles. The van der Waals surface area contributed by atoms with Crippen LogP contribution in [0.4, 0.5) is 17.6 Å². The first-order valence-electron chi connectivity index (χ1n) is 6.53. The van der Waals surface area contributed by atoms with Gasteiger partial charge in [0.15, 0.2) is 0 Å². The van der Waals surface area contributed by atoms with Gasteiger partial charge in [-0.2, -0.15) is 0 Å². The third-order valence-electron chi connectivity index (χ3n) is 3.28. The quantitative estimate of drug-likeness (QED) is 0.785. The van der Waals surface area contributed by atoms with E-state index in [-0.39, 0.29) is 11.1 Å². The first kappa shape index (κ1) is 15.5. The van der Waals surface area contributed by atoms with E-state index in [0.29, 0.717) is 6.54 Å². The van der Waals surface area contributed by atoms with E-state index < -0.39 is 24.1 Å². The standard InChI is InChI=1S/C16H15F4N/c1-10(15-13(17)3-2-4-14(15)18)21-9-11-5-7-12(8-6-11)16(19)20/h2-8,10,16,21H,9H2,1H3. The summed E-state index contributed by atoms with van der Waals surface area (Å²) in [6.07, 6.45) is -2.50. The fraction of sp³-hybridized carbons (Fsp3) is 0.250. The lowest BCUT2D eigenvalue weighted by Crippen LogP contribution is -2.20. The van der Waals surface area contributed by atoms with Crippen molar-refractivity contribution in [2.45, 2.75) is 25.9 Å². The van der Waals surface area contributed by atoms with Crippen molar-refractivity contribution < 1.29 is 17.6 Å². The number of nitrogens with one attached hydrogen (secondary N) is 1. The molecule has 0 bridgehead atoms. The SMILES string of the molecule is CC(NCc1ccc(C(F)F)cc1)c1c(F)cccc1F. The molecule has 0 aliphatic carbocycles. The van der Waals surface area contributed by atoms with Crippen LogP contribution in [0.5, 0.6) is 0 Å². The Bertz CT molecular complexity index is 575. The van der Waals surface area contributed by atoms with E-state index in [2.05, 4.69) is 5.32 Å². The Morgan fingerprint density at radius 1 is 0.952 bits per heavy atom. The van der Waals surface area contributed by atoms with Crippen LogP contribution in [-0.2, 0) is 6.54 Å². The molecule has 0 radical (unpaired) electrons. The van der Waals surface area contributed by atoms with Crippen LogP contribution in [0.2, 0.25) is 0 Å². The predicted octanol–water partition coefficient (Wildman–Crippen LogP) is 4.75. The summed E-state index contributed by atoms with van der Waals surface area (Å²) in [4.78, 5) is 0. The highest BCUT2D eigenvalue weighted by Gasteiger charge is 2.15. The summed E-state index contributed by atoms with van der Waals surface area (Å²) >= 11 is 0. The maximum Gasteiger partial charge on any atom is 0.263 e. The van der Waals surface area contributed by atoms with Gasteiger partial charge in [-0.05, 0) is 24.6 Å². The average molecular weight is 297 g/mol. The zero-order chi connectivity index (χ0) is 15.4. The maximum atomic E-state index is 13.6. The molecule has 0 aliphatic heterocycles. The van der Waals surface area contributed by atoms with Gasteiger partial charge in [-0.15, -0.1) is 0 Å². The van der Waals surface area contributed by atoms with Crippen LogP contribution in [0.1, 0.15) is 36.1 Å². The highest BCUT2D eigenvalue weighted by atomic mass is 19.3. The Labute approximate surface area is 120 Å². The van der Waals surface area contributed by atoms with Crippen molar-refractivity contribution in [1.29, 1.82) is 0 Å². The number of hydrogen-bond acceptors (Lipinski definition) is 1. The van der Waals surface area contributed by atoms with E-state index in [9.17, 15) is 17.6 Å². The van der Waals surface area contributed by atoms with Crippen molar-refractivity contribution in [1.82, 2.24) is 5.32 Å². The molecule has 0 fully saturated rings. The highest BCUT2D eigenvalue weighted by molar-refractivity contribution is 5.25. The van der Waals surface area contributed by atoms with Gasteiger partial charge in [0.2, 0.25) is 0 Å². The van der Waals surface area contributed by atoms with Crippen molar-refractivity contribution in [3.63, 3.8) is 0 Å². The van der Waals surface area contributed by atoms with Crippen LogP contribution in [0, 0.1) is 11.6 Å². The third kappa shape index (κ3) is 3.82. The lowest BCUT2D eigenvalue weighted by atomic mass is 10.1. The molecular formula is C16H15F4N. The second kappa shape index (κ2) is 6.72. The fourth-order valence-corrected chi connectivity index (χ4v) is 2.08. The second-order valence-electron chi connectivity index (χ2n) is 4.78. The Balaban J connectivity index is 2.02. The van der Waals surface area contributed by atoms with Crippen molar-refractivity contribution in [3.8, 4) is 0 Å². The predicted molar refractivity (Wildman–Crippen MR) is 73.0 cm³/mol. The Kier molecular flexibility index (Phi) is 4.96. The van der Waals surface area contributed by atoms with Gasteiger partial charge in [0.1, 0.15) is 11.6 Å². The topological polar surface area (TPSA) is 12.0 Å². The summed E-state index contributed by atoms with van der Waals surface area (Å²) in [6.45, 7) is 1.98. The van der Waals surface area contributed by atoms with Crippen LogP contribution in [-0.4, -0.2) is 0 Å².